The lowest BCUT2D eigenvalue weighted by Gasteiger charge is -2.31. The van der Waals surface area contributed by atoms with Crippen molar-refractivity contribution in [3.63, 3.8) is 0 Å². The number of rotatable bonds is 6. The normalized spacial score (nSPS) is 19.9. The Hall–Kier alpha value is -2.72. The summed E-state index contributed by atoms with van der Waals surface area (Å²) in [6, 6.07) is 6.61. The summed E-state index contributed by atoms with van der Waals surface area (Å²) in [5, 5.41) is 0. The number of carbonyl (C=O) groups excluding carboxylic acids is 2. The van der Waals surface area contributed by atoms with Crippen LogP contribution in [0, 0.1) is 5.92 Å². The van der Waals surface area contributed by atoms with Crippen LogP contribution in [-0.4, -0.2) is 71.8 Å². The predicted octanol–water partition coefficient (Wildman–Crippen LogP) is 2.46. The quantitative estimate of drug-likeness (QED) is 0.596. The van der Waals surface area contributed by atoms with Crippen LogP contribution in [0.1, 0.15) is 49.5 Å². The molecule has 1 aromatic heterocycles. The summed E-state index contributed by atoms with van der Waals surface area (Å²) in [6.07, 6.45) is 7.46. The maximum absolute atomic E-state index is 12.9. The topological polar surface area (TPSA) is 102 Å². The first-order valence-electron chi connectivity index (χ1n) is 11.5. The van der Waals surface area contributed by atoms with E-state index in [1.54, 1.807) is 51.2 Å². The average molecular weight is 475 g/mol. The Morgan fingerprint density at radius 3 is 2.48 bits per heavy atom. The molecule has 2 saturated heterocycles. The number of nitrogens with zero attached hydrogens (tertiary/aromatic N) is 4. The number of ether oxygens (including phenoxy) is 1. The molecule has 0 saturated carbocycles. The Bertz CT molecular complexity index is 1090. The first kappa shape index (κ1) is 23.4. The van der Waals surface area contributed by atoms with E-state index in [0.717, 1.165) is 25.7 Å². The summed E-state index contributed by atoms with van der Waals surface area (Å²) in [5.41, 5.74) is 0.992. The molecule has 0 spiro atoms. The standard InChI is InChI=1S/C23H30N4O5S/c1-2-32-23(29)18-7-6-12-25(15-18)22(28)21-16-26(17-24-21)19-8-10-20(11-9-19)33(30,31)27-13-4-3-5-14-27/h8-11,16-18H,2-7,12-15H2,1H3. The van der Waals surface area contributed by atoms with Gasteiger partial charge in [0.25, 0.3) is 5.91 Å². The van der Waals surface area contributed by atoms with E-state index >= 15 is 0 Å². The zero-order valence-electron chi connectivity index (χ0n) is 18.9. The molecule has 0 aliphatic carbocycles. The van der Waals surface area contributed by atoms with Crippen LogP contribution in [0.4, 0.5) is 0 Å². The maximum Gasteiger partial charge on any atom is 0.310 e. The van der Waals surface area contributed by atoms with E-state index in [-0.39, 0.29) is 28.4 Å². The van der Waals surface area contributed by atoms with Crippen molar-refractivity contribution in [1.29, 1.82) is 0 Å². The number of likely N-dealkylation sites (tertiary alicyclic amines) is 1. The summed E-state index contributed by atoms with van der Waals surface area (Å²) >= 11 is 0. The van der Waals surface area contributed by atoms with Gasteiger partial charge in [0, 0.05) is 38.1 Å². The molecule has 1 amide bonds. The number of hydrogen-bond donors (Lipinski definition) is 0. The van der Waals surface area contributed by atoms with Gasteiger partial charge in [-0.25, -0.2) is 13.4 Å². The number of aromatic nitrogens is 2. The van der Waals surface area contributed by atoms with Gasteiger partial charge in [0.2, 0.25) is 10.0 Å². The molecular weight excluding hydrogens is 444 g/mol. The fourth-order valence-corrected chi connectivity index (χ4v) is 5.91. The van der Waals surface area contributed by atoms with Crippen molar-refractivity contribution in [3.8, 4) is 5.69 Å². The highest BCUT2D eigenvalue weighted by Crippen LogP contribution is 2.23. The van der Waals surface area contributed by atoms with Crippen LogP contribution in [0.5, 0.6) is 0 Å². The maximum atomic E-state index is 12.9. The van der Waals surface area contributed by atoms with Gasteiger partial charge >= 0.3 is 5.97 Å². The highest BCUT2D eigenvalue weighted by Gasteiger charge is 2.31. The highest BCUT2D eigenvalue weighted by atomic mass is 32.2. The molecule has 0 N–H and O–H groups in total. The third-order valence-electron chi connectivity index (χ3n) is 6.22. The van der Waals surface area contributed by atoms with E-state index in [2.05, 4.69) is 4.98 Å². The number of benzene rings is 1. The van der Waals surface area contributed by atoms with Crippen molar-refractivity contribution >= 4 is 21.9 Å². The SMILES string of the molecule is CCOC(=O)C1CCCN(C(=O)c2cn(-c3ccc(S(=O)(=O)N4CCCCC4)cc3)cn2)C1. The summed E-state index contributed by atoms with van der Waals surface area (Å²) in [6.45, 7) is 4.12. The van der Waals surface area contributed by atoms with E-state index in [1.165, 1.54) is 6.33 Å². The van der Waals surface area contributed by atoms with Crippen LogP contribution >= 0.6 is 0 Å². The fourth-order valence-electron chi connectivity index (χ4n) is 4.40. The number of esters is 1. The number of amides is 1. The van der Waals surface area contributed by atoms with Crippen molar-refractivity contribution < 1.29 is 22.7 Å². The van der Waals surface area contributed by atoms with Crippen molar-refractivity contribution in [2.75, 3.05) is 32.8 Å². The van der Waals surface area contributed by atoms with Crippen molar-refractivity contribution in [2.24, 2.45) is 5.92 Å². The molecule has 0 bridgehead atoms. The first-order valence-corrected chi connectivity index (χ1v) is 12.9. The molecule has 2 aromatic rings. The minimum Gasteiger partial charge on any atom is -0.466 e. The molecule has 178 valence electrons. The Labute approximate surface area is 194 Å². The second-order valence-corrected chi connectivity index (χ2v) is 10.4. The molecule has 1 unspecified atom stereocenters. The zero-order valence-corrected chi connectivity index (χ0v) is 19.7. The zero-order chi connectivity index (χ0) is 23.4. The molecule has 3 heterocycles. The van der Waals surface area contributed by atoms with Crippen LogP contribution in [0.2, 0.25) is 0 Å². The molecule has 2 aliphatic heterocycles. The van der Waals surface area contributed by atoms with Gasteiger partial charge in [-0.05, 0) is 56.9 Å². The molecule has 9 nitrogen and oxygen atoms in total. The van der Waals surface area contributed by atoms with Gasteiger partial charge in [0.1, 0.15) is 12.0 Å². The molecule has 1 aromatic carbocycles. The van der Waals surface area contributed by atoms with E-state index in [9.17, 15) is 18.0 Å². The van der Waals surface area contributed by atoms with E-state index in [1.807, 2.05) is 0 Å². The lowest BCUT2D eigenvalue weighted by molar-refractivity contribution is -0.149. The van der Waals surface area contributed by atoms with Crippen molar-refractivity contribution in [1.82, 2.24) is 18.8 Å². The van der Waals surface area contributed by atoms with Crippen LogP contribution in [0.25, 0.3) is 5.69 Å². The number of hydrogen-bond acceptors (Lipinski definition) is 6. The van der Waals surface area contributed by atoms with Gasteiger partial charge in [0.15, 0.2) is 0 Å². The summed E-state index contributed by atoms with van der Waals surface area (Å²) in [7, 11) is -3.49. The predicted molar refractivity (Wildman–Crippen MR) is 121 cm³/mol. The second kappa shape index (κ2) is 10.0. The van der Waals surface area contributed by atoms with E-state index in [4.69, 9.17) is 4.74 Å². The molecule has 33 heavy (non-hydrogen) atoms. The van der Waals surface area contributed by atoms with E-state index < -0.39 is 10.0 Å². The molecule has 0 radical (unpaired) electrons. The Balaban J connectivity index is 1.45. The lowest BCUT2D eigenvalue weighted by atomic mass is 9.98. The minimum atomic E-state index is -3.49. The fraction of sp³-hybridized carbons (Fsp3) is 0.522. The summed E-state index contributed by atoms with van der Waals surface area (Å²) < 4.78 is 34.0. The molecule has 4 rings (SSSR count). The second-order valence-electron chi connectivity index (χ2n) is 8.47. The Morgan fingerprint density at radius 2 is 1.79 bits per heavy atom. The molecule has 10 heteroatoms. The number of sulfonamides is 1. The molecular formula is C23H30N4O5S. The number of piperidine rings is 2. The van der Waals surface area contributed by atoms with Crippen molar-refractivity contribution in [3.05, 3.63) is 42.5 Å². The summed E-state index contributed by atoms with van der Waals surface area (Å²) in [5.74, 6) is -0.800. The molecule has 2 fully saturated rings. The minimum absolute atomic E-state index is 0.230. The van der Waals surface area contributed by atoms with Crippen LogP contribution in [0.15, 0.2) is 41.7 Å². The van der Waals surface area contributed by atoms with Crippen LogP contribution < -0.4 is 0 Å². The van der Waals surface area contributed by atoms with Gasteiger partial charge in [-0.2, -0.15) is 4.31 Å². The lowest BCUT2D eigenvalue weighted by Crippen LogP contribution is -2.43. The molecule has 1 atom stereocenters. The summed E-state index contributed by atoms with van der Waals surface area (Å²) in [4.78, 5) is 31.2. The van der Waals surface area contributed by atoms with Crippen molar-refractivity contribution in [2.45, 2.75) is 43.9 Å². The Morgan fingerprint density at radius 1 is 1.06 bits per heavy atom. The van der Waals surface area contributed by atoms with E-state index in [0.29, 0.717) is 44.9 Å². The van der Waals surface area contributed by atoms with Gasteiger partial charge < -0.3 is 14.2 Å². The third-order valence-corrected chi connectivity index (χ3v) is 8.13. The average Bonchev–Trinajstić information content (AvgIpc) is 3.35. The van der Waals surface area contributed by atoms with Gasteiger partial charge in [-0.3, -0.25) is 9.59 Å². The monoisotopic (exact) mass is 474 g/mol. The first-order chi connectivity index (χ1) is 15.9. The smallest absolute Gasteiger partial charge is 0.310 e. The van der Waals surface area contributed by atoms with Crippen LogP contribution in [-0.2, 0) is 19.6 Å². The van der Waals surface area contributed by atoms with Gasteiger partial charge in [-0.1, -0.05) is 6.42 Å². The number of carbonyl (C=O) groups is 2. The largest absolute Gasteiger partial charge is 0.466 e. The molecule has 2 aliphatic rings. The van der Waals surface area contributed by atoms with Crippen LogP contribution in [0.3, 0.4) is 0 Å². The highest BCUT2D eigenvalue weighted by molar-refractivity contribution is 7.89. The van der Waals surface area contributed by atoms with Gasteiger partial charge in [0.05, 0.1) is 17.4 Å². The van der Waals surface area contributed by atoms with Gasteiger partial charge in [-0.15, -0.1) is 0 Å². The third kappa shape index (κ3) is 5.11. The number of imidazole rings is 1. The Kier molecular flexibility index (Phi) is 7.14.